The lowest BCUT2D eigenvalue weighted by Crippen LogP contribution is -2.24. The number of benzene rings is 3. The number of nitrogens with zero attached hydrogens (tertiary/aromatic N) is 1. The second-order valence-corrected chi connectivity index (χ2v) is 8.28. The van der Waals surface area contributed by atoms with E-state index in [0.29, 0.717) is 39.6 Å². The minimum atomic E-state index is -0.258. The van der Waals surface area contributed by atoms with Crippen molar-refractivity contribution in [3.05, 3.63) is 109 Å². The van der Waals surface area contributed by atoms with Gasteiger partial charge in [0.25, 0.3) is 11.5 Å². The minimum Gasteiger partial charge on any atom is -0.348 e. The largest absolute Gasteiger partial charge is 0.348 e. The Bertz CT molecular complexity index is 1390. The molecule has 1 amide bonds. The first-order valence-corrected chi connectivity index (χ1v) is 10.6. The number of nitrogens with one attached hydrogen (secondary N) is 2. The van der Waals surface area contributed by atoms with E-state index in [-0.39, 0.29) is 16.2 Å². The summed E-state index contributed by atoms with van der Waals surface area (Å²) >= 11 is 17.3. The van der Waals surface area contributed by atoms with Crippen LogP contribution in [0.3, 0.4) is 0 Å². The Balaban J connectivity index is 1.59. The third kappa shape index (κ3) is 4.88. The van der Waals surface area contributed by atoms with Crippen molar-refractivity contribution in [2.75, 3.05) is 0 Å². The number of aromatic nitrogens is 2. The molecule has 0 aliphatic carbocycles. The molecule has 0 saturated heterocycles. The zero-order valence-electron chi connectivity index (χ0n) is 16.2. The Morgan fingerprint density at radius 2 is 1.74 bits per heavy atom. The summed E-state index contributed by atoms with van der Waals surface area (Å²) in [6, 6.07) is 19.4. The summed E-state index contributed by atoms with van der Waals surface area (Å²) in [6.45, 7) is 0.666. The molecule has 0 spiro atoms. The number of carbonyl (C=O) groups is 1. The summed E-state index contributed by atoms with van der Waals surface area (Å²) < 4.78 is 1.77. The molecule has 0 aliphatic heterocycles. The molecule has 1 heterocycles. The second-order valence-electron chi connectivity index (χ2n) is 7.02. The maximum Gasteiger partial charge on any atom is 0.262 e. The van der Waals surface area contributed by atoms with Crippen LogP contribution in [-0.4, -0.2) is 15.5 Å². The highest BCUT2D eigenvalue weighted by Crippen LogP contribution is 2.14. The Kier molecular flexibility index (Phi) is 6.23. The van der Waals surface area contributed by atoms with E-state index in [1.165, 1.54) is 4.57 Å². The topological polar surface area (TPSA) is 66.9 Å². The fraction of sp³-hybridized carbons (Fsp3) is 0.0870. The van der Waals surface area contributed by atoms with E-state index >= 15 is 0 Å². The Labute approximate surface area is 193 Å². The van der Waals surface area contributed by atoms with Crippen molar-refractivity contribution in [1.82, 2.24) is 14.9 Å². The number of amides is 1. The smallest absolute Gasteiger partial charge is 0.262 e. The van der Waals surface area contributed by atoms with Crippen LogP contribution < -0.4 is 10.9 Å². The van der Waals surface area contributed by atoms with Crippen LogP contribution in [0.15, 0.2) is 71.5 Å². The maximum atomic E-state index is 13.0. The number of H-pyrrole nitrogens is 1. The van der Waals surface area contributed by atoms with E-state index in [4.69, 9.17) is 35.4 Å². The first-order chi connectivity index (χ1) is 14.9. The van der Waals surface area contributed by atoms with E-state index in [1.54, 1.807) is 42.5 Å². The number of hydrogen-bond acceptors (Lipinski definition) is 3. The third-order valence-corrected chi connectivity index (χ3v) is 5.65. The molecule has 0 atom stereocenters. The van der Waals surface area contributed by atoms with E-state index in [0.717, 1.165) is 11.1 Å². The summed E-state index contributed by atoms with van der Waals surface area (Å²) in [5.74, 6) is -0.258. The average molecular weight is 470 g/mol. The quantitative estimate of drug-likeness (QED) is 0.387. The number of fused-ring (bicyclic) bond motifs is 1. The van der Waals surface area contributed by atoms with Crippen molar-refractivity contribution in [3.63, 3.8) is 0 Å². The standard InChI is InChI=1S/C23H17Cl2N3O2S/c24-17-7-4-14(5-8-17)13-28-22(30)19-9-6-16(11-20(19)27-23(28)31)21(29)26-12-15-2-1-3-18(25)10-15/h1-11H,12-13H2,(H,26,29)(H,27,31). The summed E-state index contributed by atoms with van der Waals surface area (Å²) in [4.78, 5) is 28.6. The van der Waals surface area contributed by atoms with Crippen LogP contribution in [0.4, 0.5) is 0 Å². The Hall–Kier alpha value is -2.93. The van der Waals surface area contributed by atoms with Crippen molar-refractivity contribution < 1.29 is 4.79 Å². The van der Waals surface area contributed by atoms with E-state index in [1.807, 2.05) is 24.3 Å². The van der Waals surface area contributed by atoms with E-state index in [2.05, 4.69) is 10.3 Å². The lowest BCUT2D eigenvalue weighted by Gasteiger charge is -2.10. The van der Waals surface area contributed by atoms with Gasteiger partial charge in [-0.2, -0.15) is 0 Å². The van der Waals surface area contributed by atoms with Gasteiger partial charge in [-0.05, 0) is 65.8 Å². The fourth-order valence-corrected chi connectivity index (χ4v) is 3.84. The zero-order valence-corrected chi connectivity index (χ0v) is 18.5. The first-order valence-electron chi connectivity index (χ1n) is 9.45. The van der Waals surface area contributed by atoms with Crippen LogP contribution in [0.5, 0.6) is 0 Å². The van der Waals surface area contributed by atoms with Crippen molar-refractivity contribution in [3.8, 4) is 0 Å². The molecule has 0 aliphatic rings. The third-order valence-electron chi connectivity index (χ3n) is 4.84. The van der Waals surface area contributed by atoms with Crippen molar-refractivity contribution in [2.45, 2.75) is 13.1 Å². The summed E-state index contributed by atoms with van der Waals surface area (Å²) in [7, 11) is 0. The number of aromatic amines is 1. The summed E-state index contributed by atoms with van der Waals surface area (Å²) in [5, 5.41) is 4.54. The molecule has 0 saturated carbocycles. The molecule has 8 heteroatoms. The van der Waals surface area contributed by atoms with E-state index < -0.39 is 0 Å². The van der Waals surface area contributed by atoms with Gasteiger partial charge in [-0.3, -0.25) is 14.2 Å². The van der Waals surface area contributed by atoms with Gasteiger partial charge in [0.05, 0.1) is 17.4 Å². The molecule has 156 valence electrons. The Morgan fingerprint density at radius 3 is 2.48 bits per heavy atom. The molecular weight excluding hydrogens is 453 g/mol. The van der Waals surface area contributed by atoms with Gasteiger partial charge < -0.3 is 10.3 Å². The van der Waals surface area contributed by atoms with Gasteiger partial charge >= 0.3 is 0 Å². The monoisotopic (exact) mass is 469 g/mol. The van der Waals surface area contributed by atoms with Crippen LogP contribution in [0, 0.1) is 4.77 Å². The van der Waals surface area contributed by atoms with Gasteiger partial charge in [0.1, 0.15) is 0 Å². The number of halogens is 2. The molecule has 4 rings (SSSR count). The zero-order chi connectivity index (χ0) is 22.0. The van der Waals surface area contributed by atoms with Gasteiger partial charge in [-0.15, -0.1) is 0 Å². The van der Waals surface area contributed by atoms with Gasteiger partial charge in [0.15, 0.2) is 4.77 Å². The molecule has 0 bridgehead atoms. The molecule has 0 fully saturated rings. The molecule has 4 aromatic rings. The van der Waals surface area contributed by atoms with Crippen LogP contribution in [0.25, 0.3) is 10.9 Å². The first kappa shape index (κ1) is 21.3. The predicted molar refractivity (Wildman–Crippen MR) is 127 cm³/mol. The molecular formula is C23H17Cl2N3O2S. The molecule has 2 N–H and O–H groups in total. The number of carbonyl (C=O) groups excluding carboxylic acids is 1. The SMILES string of the molecule is O=C(NCc1cccc(Cl)c1)c1ccc2c(=O)n(Cc3ccc(Cl)cc3)c(=S)[nH]c2c1. The fourth-order valence-electron chi connectivity index (χ4n) is 3.24. The normalized spacial score (nSPS) is 10.9. The highest BCUT2D eigenvalue weighted by molar-refractivity contribution is 7.71. The highest BCUT2D eigenvalue weighted by atomic mass is 35.5. The van der Waals surface area contributed by atoms with Gasteiger partial charge in [-0.25, -0.2) is 0 Å². The van der Waals surface area contributed by atoms with Crippen LogP contribution >= 0.6 is 35.4 Å². The molecule has 0 unspecified atom stereocenters. The van der Waals surface area contributed by atoms with Gasteiger partial charge in [0, 0.05) is 22.2 Å². The second kappa shape index (κ2) is 9.06. The molecule has 31 heavy (non-hydrogen) atoms. The van der Waals surface area contributed by atoms with Crippen molar-refractivity contribution in [2.24, 2.45) is 0 Å². The summed E-state index contributed by atoms with van der Waals surface area (Å²) in [6.07, 6.45) is 0. The van der Waals surface area contributed by atoms with Crippen molar-refractivity contribution in [1.29, 1.82) is 0 Å². The number of hydrogen-bond donors (Lipinski definition) is 2. The molecule has 1 aromatic heterocycles. The van der Waals surface area contributed by atoms with Crippen LogP contribution in [-0.2, 0) is 13.1 Å². The van der Waals surface area contributed by atoms with Gasteiger partial charge in [-0.1, -0.05) is 47.5 Å². The Morgan fingerprint density at radius 1 is 0.968 bits per heavy atom. The van der Waals surface area contributed by atoms with Crippen LogP contribution in [0.2, 0.25) is 10.0 Å². The van der Waals surface area contributed by atoms with E-state index in [9.17, 15) is 9.59 Å². The lowest BCUT2D eigenvalue weighted by atomic mass is 10.1. The lowest BCUT2D eigenvalue weighted by molar-refractivity contribution is 0.0951. The maximum absolute atomic E-state index is 13.0. The molecule has 5 nitrogen and oxygen atoms in total. The molecule has 0 radical (unpaired) electrons. The predicted octanol–water partition coefficient (Wildman–Crippen LogP) is 5.34. The van der Waals surface area contributed by atoms with Crippen molar-refractivity contribution >= 4 is 52.2 Å². The minimum absolute atomic E-state index is 0.223. The highest BCUT2D eigenvalue weighted by Gasteiger charge is 2.11. The van der Waals surface area contributed by atoms with Crippen LogP contribution in [0.1, 0.15) is 21.5 Å². The average Bonchev–Trinajstić information content (AvgIpc) is 2.76. The summed E-state index contributed by atoms with van der Waals surface area (Å²) in [5.41, 5.74) is 2.51. The number of rotatable bonds is 5. The molecule has 3 aromatic carbocycles. The van der Waals surface area contributed by atoms with Gasteiger partial charge in [0.2, 0.25) is 0 Å².